The number of nitrogens with zero attached hydrogens (tertiary/aromatic N) is 3. The molecular formula is C19H18N4OS3. The number of carbonyl (C=O) groups excluding carboxylic acids is 1. The van der Waals surface area contributed by atoms with Crippen molar-refractivity contribution in [3.8, 4) is 0 Å². The van der Waals surface area contributed by atoms with Crippen molar-refractivity contribution in [2.24, 2.45) is 0 Å². The Labute approximate surface area is 170 Å². The van der Waals surface area contributed by atoms with Gasteiger partial charge in [0.25, 0.3) is 0 Å². The summed E-state index contributed by atoms with van der Waals surface area (Å²) < 4.78 is 0.801. The molecule has 1 N–H and O–H groups in total. The van der Waals surface area contributed by atoms with Gasteiger partial charge in [0.05, 0.1) is 17.1 Å². The van der Waals surface area contributed by atoms with E-state index in [-0.39, 0.29) is 5.91 Å². The zero-order chi connectivity index (χ0) is 18.6. The molecule has 4 rings (SSSR count). The van der Waals surface area contributed by atoms with Crippen LogP contribution in [0.15, 0.2) is 62.7 Å². The van der Waals surface area contributed by atoms with Crippen LogP contribution < -0.4 is 10.2 Å². The predicted octanol–water partition coefficient (Wildman–Crippen LogP) is 5.28. The number of nitrogens with one attached hydrogen (secondary N) is 1. The van der Waals surface area contributed by atoms with Crippen molar-refractivity contribution in [1.29, 1.82) is 0 Å². The monoisotopic (exact) mass is 414 g/mol. The minimum absolute atomic E-state index is 0.0402. The number of aromatic nitrogens is 2. The Kier molecular flexibility index (Phi) is 5.66. The minimum Gasteiger partial charge on any atom is -0.360 e. The molecule has 2 aromatic carbocycles. The Balaban J connectivity index is 1.52. The highest BCUT2D eigenvalue weighted by molar-refractivity contribution is 8.01. The van der Waals surface area contributed by atoms with Crippen molar-refractivity contribution < 1.29 is 4.79 Å². The first-order valence-corrected chi connectivity index (χ1v) is 11.3. The summed E-state index contributed by atoms with van der Waals surface area (Å²) >= 11 is 4.62. The molecule has 2 heterocycles. The summed E-state index contributed by atoms with van der Waals surface area (Å²) in [6.07, 6.45) is 1.03. The van der Waals surface area contributed by atoms with Crippen LogP contribution in [0.4, 0.5) is 16.5 Å². The third kappa shape index (κ3) is 3.97. The Hall–Kier alpha value is -2.03. The van der Waals surface area contributed by atoms with E-state index in [0.717, 1.165) is 43.6 Å². The number of amides is 1. The van der Waals surface area contributed by atoms with Crippen molar-refractivity contribution >= 4 is 57.3 Å². The van der Waals surface area contributed by atoms with Gasteiger partial charge in [-0.15, -0.1) is 10.2 Å². The highest BCUT2D eigenvalue weighted by atomic mass is 32.2. The second-order valence-corrected chi connectivity index (χ2v) is 9.14. The Bertz CT molecular complexity index is 914. The van der Waals surface area contributed by atoms with Crippen molar-refractivity contribution in [2.75, 3.05) is 22.5 Å². The molecule has 3 aromatic rings. The number of hydrogen-bond acceptors (Lipinski definition) is 7. The van der Waals surface area contributed by atoms with Gasteiger partial charge in [-0.1, -0.05) is 66.0 Å². The molecule has 27 heavy (non-hydrogen) atoms. The van der Waals surface area contributed by atoms with Crippen LogP contribution in [0, 0.1) is 0 Å². The second-order valence-electron chi connectivity index (χ2n) is 5.86. The van der Waals surface area contributed by atoms with Crippen LogP contribution in [-0.2, 0) is 4.79 Å². The number of fused-ring (bicyclic) bond motifs is 2. The molecule has 138 valence electrons. The topological polar surface area (TPSA) is 58.1 Å². The molecule has 0 saturated carbocycles. The summed E-state index contributed by atoms with van der Waals surface area (Å²) in [4.78, 5) is 17.1. The fourth-order valence-electron chi connectivity index (χ4n) is 2.73. The fourth-order valence-corrected chi connectivity index (χ4v) is 5.42. The summed E-state index contributed by atoms with van der Waals surface area (Å²) in [6, 6.07) is 16.1. The van der Waals surface area contributed by atoms with Crippen LogP contribution >= 0.6 is 34.9 Å². The van der Waals surface area contributed by atoms with Gasteiger partial charge in [0.15, 0.2) is 4.34 Å². The van der Waals surface area contributed by atoms with Crippen molar-refractivity contribution in [2.45, 2.75) is 27.5 Å². The lowest BCUT2D eigenvalue weighted by atomic mass is 10.2. The normalized spacial score (nSPS) is 12.4. The van der Waals surface area contributed by atoms with Crippen LogP contribution in [0.2, 0.25) is 0 Å². The van der Waals surface area contributed by atoms with E-state index in [9.17, 15) is 4.79 Å². The number of benzene rings is 2. The molecule has 0 unspecified atom stereocenters. The molecule has 0 bridgehead atoms. The SMILES string of the molecule is CCCNc1nnc(SCC(=O)N2c3ccccc3Sc3ccccc32)s1. The summed E-state index contributed by atoms with van der Waals surface area (Å²) in [6.45, 7) is 2.98. The lowest BCUT2D eigenvalue weighted by Gasteiger charge is -2.30. The van der Waals surface area contributed by atoms with Gasteiger partial charge in [0, 0.05) is 16.3 Å². The maximum atomic E-state index is 13.1. The first-order chi connectivity index (χ1) is 13.3. The van der Waals surface area contributed by atoms with Gasteiger partial charge in [-0.25, -0.2) is 0 Å². The molecule has 1 aliphatic rings. The summed E-state index contributed by atoms with van der Waals surface area (Å²) in [7, 11) is 0. The Morgan fingerprint density at radius 2 is 1.74 bits per heavy atom. The first kappa shape index (κ1) is 18.3. The van der Waals surface area contributed by atoms with E-state index in [1.807, 2.05) is 41.3 Å². The van der Waals surface area contributed by atoms with E-state index in [1.165, 1.54) is 23.1 Å². The molecule has 5 nitrogen and oxygen atoms in total. The number of carbonyl (C=O) groups is 1. The summed E-state index contributed by atoms with van der Waals surface area (Å²) in [5.41, 5.74) is 1.88. The summed E-state index contributed by atoms with van der Waals surface area (Å²) in [5.74, 6) is 0.355. The van der Waals surface area contributed by atoms with E-state index in [1.54, 1.807) is 11.8 Å². The average molecular weight is 415 g/mol. The smallest absolute Gasteiger partial charge is 0.242 e. The Morgan fingerprint density at radius 1 is 1.07 bits per heavy atom. The highest BCUT2D eigenvalue weighted by Gasteiger charge is 2.27. The quantitative estimate of drug-likeness (QED) is 0.554. The molecular weight excluding hydrogens is 396 g/mol. The Morgan fingerprint density at radius 3 is 2.41 bits per heavy atom. The van der Waals surface area contributed by atoms with Crippen molar-refractivity contribution in [3.05, 3.63) is 48.5 Å². The molecule has 1 amide bonds. The van der Waals surface area contributed by atoms with Crippen LogP contribution in [0.25, 0.3) is 0 Å². The third-order valence-electron chi connectivity index (χ3n) is 3.93. The zero-order valence-electron chi connectivity index (χ0n) is 14.7. The number of hydrogen-bond donors (Lipinski definition) is 1. The van der Waals surface area contributed by atoms with Crippen molar-refractivity contribution in [3.63, 3.8) is 0 Å². The van der Waals surface area contributed by atoms with E-state index in [2.05, 4.69) is 34.6 Å². The van der Waals surface area contributed by atoms with Gasteiger partial charge < -0.3 is 5.32 Å². The zero-order valence-corrected chi connectivity index (χ0v) is 17.2. The number of para-hydroxylation sites is 2. The minimum atomic E-state index is 0.0402. The molecule has 8 heteroatoms. The van der Waals surface area contributed by atoms with Crippen LogP contribution in [0.1, 0.15) is 13.3 Å². The second kappa shape index (κ2) is 8.33. The molecule has 0 atom stereocenters. The van der Waals surface area contributed by atoms with E-state index >= 15 is 0 Å². The lowest BCUT2D eigenvalue weighted by molar-refractivity contribution is -0.115. The van der Waals surface area contributed by atoms with Gasteiger partial charge in [-0.05, 0) is 30.7 Å². The van der Waals surface area contributed by atoms with Gasteiger partial charge in [0.1, 0.15) is 0 Å². The van der Waals surface area contributed by atoms with E-state index in [0.29, 0.717) is 5.75 Å². The van der Waals surface area contributed by atoms with Crippen LogP contribution in [0.3, 0.4) is 0 Å². The number of thioether (sulfide) groups is 1. The standard InChI is InChI=1S/C19H18N4OS3/c1-2-11-20-18-21-22-19(27-18)25-12-17(24)23-13-7-3-5-9-15(13)26-16-10-6-4-8-14(16)23/h3-10H,2,11-12H2,1H3,(H,20,21). The van der Waals surface area contributed by atoms with Gasteiger partial charge in [-0.2, -0.15) is 0 Å². The first-order valence-electron chi connectivity index (χ1n) is 8.65. The predicted molar refractivity (Wildman–Crippen MR) is 114 cm³/mol. The molecule has 0 fully saturated rings. The van der Waals surface area contributed by atoms with Gasteiger partial charge in [-0.3, -0.25) is 9.69 Å². The van der Waals surface area contributed by atoms with E-state index < -0.39 is 0 Å². The maximum absolute atomic E-state index is 13.1. The van der Waals surface area contributed by atoms with Crippen LogP contribution in [0.5, 0.6) is 0 Å². The summed E-state index contributed by atoms with van der Waals surface area (Å²) in [5, 5.41) is 12.3. The number of anilines is 3. The number of rotatable bonds is 6. The molecule has 0 saturated heterocycles. The largest absolute Gasteiger partial charge is 0.360 e. The highest BCUT2D eigenvalue weighted by Crippen LogP contribution is 2.48. The average Bonchev–Trinajstić information content (AvgIpc) is 3.16. The molecule has 0 aliphatic carbocycles. The molecule has 1 aliphatic heterocycles. The molecule has 0 spiro atoms. The maximum Gasteiger partial charge on any atom is 0.242 e. The van der Waals surface area contributed by atoms with E-state index in [4.69, 9.17) is 0 Å². The van der Waals surface area contributed by atoms with Gasteiger partial charge >= 0.3 is 0 Å². The third-order valence-corrected chi connectivity index (χ3v) is 7.06. The van der Waals surface area contributed by atoms with Gasteiger partial charge in [0.2, 0.25) is 11.0 Å². The molecule has 0 radical (unpaired) electrons. The van der Waals surface area contributed by atoms with Crippen LogP contribution in [-0.4, -0.2) is 28.4 Å². The van der Waals surface area contributed by atoms with Crippen molar-refractivity contribution in [1.82, 2.24) is 10.2 Å². The fraction of sp³-hybridized carbons (Fsp3) is 0.211. The molecule has 1 aromatic heterocycles. The lowest BCUT2D eigenvalue weighted by Crippen LogP contribution is -2.29.